The SMILES string of the molecule is CC(=O)c1cc([N+](=O)[O-])ccc1N(C)CCCN(C)C. The van der Waals surface area contributed by atoms with Crippen molar-refractivity contribution in [2.24, 2.45) is 0 Å². The van der Waals surface area contributed by atoms with Gasteiger partial charge in [-0.25, -0.2) is 0 Å². The summed E-state index contributed by atoms with van der Waals surface area (Å²) in [6, 6.07) is 4.43. The fourth-order valence-corrected chi connectivity index (χ4v) is 2.00. The van der Waals surface area contributed by atoms with E-state index in [1.165, 1.54) is 19.1 Å². The molecule has 1 aromatic carbocycles. The minimum atomic E-state index is -0.484. The minimum absolute atomic E-state index is 0.0550. The van der Waals surface area contributed by atoms with Crippen molar-refractivity contribution >= 4 is 17.2 Å². The Morgan fingerprint density at radius 1 is 1.25 bits per heavy atom. The van der Waals surface area contributed by atoms with Gasteiger partial charge in [0.25, 0.3) is 5.69 Å². The maximum atomic E-state index is 11.7. The highest BCUT2D eigenvalue weighted by Crippen LogP contribution is 2.25. The van der Waals surface area contributed by atoms with Gasteiger partial charge in [0.05, 0.1) is 4.92 Å². The first kappa shape index (κ1) is 16.1. The Kier molecular flexibility index (Phi) is 5.64. The molecule has 0 saturated carbocycles. The Morgan fingerprint density at radius 3 is 2.40 bits per heavy atom. The summed E-state index contributed by atoms with van der Waals surface area (Å²) < 4.78 is 0. The van der Waals surface area contributed by atoms with Crippen LogP contribution in [0.5, 0.6) is 0 Å². The van der Waals surface area contributed by atoms with Crippen molar-refractivity contribution in [3.05, 3.63) is 33.9 Å². The first-order valence-electron chi connectivity index (χ1n) is 6.48. The molecule has 0 radical (unpaired) electrons. The van der Waals surface area contributed by atoms with Crippen molar-refractivity contribution in [3.63, 3.8) is 0 Å². The molecule has 0 heterocycles. The first-order valence-corrected chi connectivity index (χ1v) is 6.48. The molecule has 0 fully saturated rings. The van der Waals surface area contributed by atoms with E-state index in [1.54, 1.807) is 6.07 Å². The van der Waals surface area contributed by atoms with Gasteiger partial charge in [-0.2, -0.15) is 0 Å². The standard InChI is InChI=1S/C14H21N3O3/c1-11(18)13-10-12(17(19)20)6-7-14(13)16(4)9-5-8-15(2)3/h6-7,10H,5,8-9H2,1-4H3. The number of anilines is 1. The predicted octanol–water partition coefficient (Wildman–Crippen LogP) is 2.19. The zero-order chi connectivity index (χ0) is 15.3. The van der Waals surface area contributed by atoms with Crippen LogP contribution in [-0.4, -0.2) is 49.8 Å². The Hall–Kier alpha value is -1.95. The van der Waals surface area contributed by atoms with E-state index in [9.17, 15) is 14.9 Å². The van der Waals surface area contributed by atoms with Crippen LogP contribution >= 0.6 is 0 Å². The van der Waals surface area contributed by atoms with E-state index in [-0.39, 0.29) is 11.5 Å². The third kappa shape index (κ3) is 4.31. The number of ketones is 1. The molecule has 0 bridgehead atoms. The van der Waals surface area contributed by atoms with Crippen molar-refractivity contribution < 1.29 is 9.72 Å². The zero-order valence-corrected chi connectivity index (χ0v) is 12.4. The Bertz CT molecular complexity index is 500. The fourth-order valence-electron chi connectivity index (χ4n) is 2.00. The second-order valence-electron chi connectivity index (χ2n) is 5.09. The van der Waals surface area contributed by atoms with Gasteiger partial charge >= 0.3 is 0 Å². The number of nitro benzene ring substituents is 1. The third-order valence-corrected chi connectivity index (χ3v) is 3.08. The molecule has 0 amide bonds. The predicted molar refractivity (Wildman–Crippen MR) is 79.5 cm³/mol. The molecule has 0 N–H and O–H groups in total. The van der Waals surface area contributed by atoms with Crippen molar-refractivity contribution in [3.8, 4) is 0 Å². The van der Waals surface area contributed by atoms with Crippen LogP contribution in [0.2, 0.25) is 0 Å². The number of nitrogens with zero attached hydrogens (tertiary/aromatic N) is 3. The molecule has 6 nitrogen and oxygen atoms in total. The fraction of sp³-hybridized carbons (Fsp3) is 0.500. The van der Waals surface area contributed by atoms with Crippen LogP contribution in [0, 0.1) is 10.1 Å². The average Bonchev–Trinajstić information content (AvgIpc) is 2.37. The summed E-state index contributed by atoms with van der Waals surface area (Å²) in [5, 5.41) is 10.8. The third-order valence-electron chi connectivity index (χ3n) is 3.08. The molecule has 0 spiro atoms. The van der Waals surface area contributed by atoms with Crippen molar-refractivity contribution in [1.82, 2.24) is 4.90 Å². The van der Waals surface area contributed by atoms with Gasteiger partial charge in [0.2, 0.25) is 0 Å². The Balaban J connectivity index is 2.93. The molecule has 0 atom stereocenters. The highest BCUT2D eigenvalue weighted by Gasteiger charge is 2.16. The summed E-state index contributed by atoms with van der Waals surface area (Å²) >= 11 is 0. The zero-order valence-electron chi connectivity index (χ0n) is 12.4. The molecule has 20 heavy (non-hydrogen) atoms. The van der Waals surface area contributed by atoms with Crippen LogP contribution in [-0.2, 0) is 0 Å². The number of benzene rings is 1. The Morgan fingerprint density at radius 2 is 1.90 bits per heavy atom. The summed E-state index contributed by atoms with van der Waals surface area (Å²) in [6.45, 7) is 3.17. The number of hydrogen-bond acceptors (Lipinski definition) is 5. The summed E-state index contributed by atoms with van der Waals surface area (Å²) in [4.78, 5) is 26.0. The number of nitro groups is 1. The van der Waals surface area contributed by atoms with E-state index in [0.717, 1.165) is 25.2 Å². The first-order chi connectivity index (χ1) is 9.32. The van der Waals surface area contributed by atoms with Gasteiger partial charge in [-0.3, -0.25) is 14.9 Å². The van der Waals surface area contributed by atoms with Gasteiger partial charge in [0.15, 0.2) is 5.78 Å². The molecule has 0 saturated heterocycles. The lowest BCUT2D eigenvalue weighted by Gasteiger charge is -2.22. The maximum absolute atomic E-state index is 11.7. The summed E-state index contributed by atoms with van der Waals surface area (Å²) in [7, 11) is 5.91. The summed E-state index contributed by atoms with van der Waals surface area (Å²) in [5.74, 6) is -0.164. The van der Waals surface area contributed by atoms with Crippen LogP contribution in [0.4, 0.5) is 11.4 Å². The van der Waals surface area contributed by atoms with Gasteiger partial charge in [-0.1, -0.05) is 0 Å². The topological polar surface area (TPSA) is 66.7 Å². The number of carbonyl (C=O) groups excluding carboxylic acids is 1. The smallest absolute Gasteiger partial charge is 0.270 e. The van der Waals surface area contributed by atoms with Crippen LogP contribution in [0.15, 0.2) is 18.2 Å². The quantitative estimate of drug-likeness (QED) is 0.435. The van der Waals surface area contributed by atoms with Crippen molar-refractivity contribution in [2.75, 3.05) is 39.1 Å². The van der Waals surface area contributed by atoms with Gasteiger partial charge in [-0.05, 0) is 40.1 Å². The number of Topliss-reactive ketones (excluding diaryl/α,β-unsaturated/α-hetero) is 1. The van der Waals surface area contributed by atoms with Crippen LogP contribution in [0.25, 0.3) is 0 Å². The monoisotopic (exact) mass is 279 g/mol. The number of carbonyl (C=O) groups is 1. The van der Waals surface area contributed by atoms with Gasteiger partial charge in [-0.15, -0.1) is 0 Å². The van der Waals surface area contributed by atoms with E-state index in [0.29, 0.717) is 5.56 Å². The van der Waals surface area contributed by atoms with Crippen LogP contribution in [0.1, 0.15) is 23.7 Å². The van der Waals surface area contributed by atoms with E-state index < -0.39 is 4.92 Å². The molecule has 0 aliphatic carbocycles. The largest absolute Gasteiger partial charge is 0.374 e. The summed E-state index contributed by atoms with van der Waals surface area (Å²) in [6.07, 6.45) is 0.956. The van der Waals surface area contributed by atoms with Crippen LogP contribution in [0.3, 0.4) is 0 Å². The number of rotatable bonds is 7. The Labute approximate surface area is 119 Å². The molecule has 1 aromatic rings. The number of non-ortho nitro benzene ring substituents is 1. The van der Waals surface area contributed by atoms with Gasteiger partial charge < -0.3 is 9.80 Å². The average molecular weight is 279 g/mol. The number of hydrogen-bond donors (Lipinski definition) is 0. The molecule has 0 unspecified atom stereocenters. The summed E-state index contributed by atoms with van der Waals surface area (Å²) in [5.41, 5.74) is 1.08. The lowest BCUT2D eigenvalue weighted by atomic mass is 10.1. The molecule has 6 heteroatoms. The van der Waals surface area contributed by atoms with Gasteiger partial charge in [0.1, 0.15) is 0 Å². The second kappa shape index (κ2) is 7.00. The lowest BCUT2D eigenvalue weighted by molar-refractivity contribution is -0.384. The highest BCUT2D eigenvalue weighted by molar-refractivity contribution is 6.00. The molecule has 0 aliphatic heterocycles. The molecule has 1 rings (SSSR count). The molecular weight excluding hydrogens is 258 g/mol. The lowest BCUT2D eigenvalue weighted by Crippen LogP contribution is -2.24. The highest BCUT2D eigenvalue weighted by atomic mass is 16.6. The normalized spacial score (nSPS) is 10.7. The van der Waals surface area contributed by atoms with Crippen LogP contribution < -0.4 is 4.90 Å². The molecule has 110 valence electrons. The van der Waals surface area contributed by atoms with E-state index in [2.05, 4.69) is 4.90 Å². The van der Waals surface area contributed by atoms with Crippen molar-refractivity contribution in [2.45, 2.75) is 13.3 Å². The maximum Gasteiger partial charge on any atom is 0.270 e. The van der Waals surface area contributed by atoms with E-state index in [4.69, 9.17) is 0 Å². The van der Waals surface area contributed by atoms with Crippen molar-refractivity contribution in [1.29, 1.82) is 0 Å². The second-order valence-corrected chi connectivity index (χ2v) is 5.09. The molecular formula is C14H21N3O3. The van der Waals surface area contributed by atoms with E-state index in [1.807, 2.05) is 26.0 Å². The molecule has 0 aliphatic rings. The van der Waals surface area contributed by atoms with E-state index >= 15 is 0 Å². The van der Waals surface area contributed by atoms with Gasteiger partial charge in [0, 0.05) is 37.0 Å². The minimum Gasteiger partial charge on any atom is -0.374 e. The molecule has 0 aromatic heterocycles.